The van der Waals surface area contributed by atoms with Gasteiger partial charge in [-0.05, 0) is 25.1 Å². The van der Waals surface area contributed by atoms with E-state index >= 15 is 0 Å². The largest absolute Gasteiger partial charge is 0.364 e. The molecular weight excluding hydrogens is 262 g/mol. The van der Waals surface area contributed by atoms with Gasteiger partial charge in [-0.2, -0.15) is 5.10 Å². The molecule has 0 fully saturated rings. The van der Waals surface area contributed by atoms with Crippen molar-refractivity contribution in [3.8, 4) is 0 Å². The van der Waals surface area contributed by atoms with Gasteiger partial charge in [0.15, 0.2) is 5.82 Å². The van der Waals surface area contributed by atoms with Crippen molar-refractivity contribution in [2.75, 3.05) is 5.32 Å². The summed E-state index contributed by atoms with van der Waals surface area (Å²) >= 11 is 0. The van der Waals surface area contributed by atoms with Crippen LogP contribution in [-0.2, 0) is 6.54 Å². The standard InChI is InChI=1S/C14H12F2N4/c1-9-7-13-14(17-5-6-20(13)19-9)18-8-10-11(15)3-2-4-12(10)16/h2-7H,8H2,1H3,(H,17,18). The third kappa shape index (κ3) is 2.20. The molecule has 0 radical (unpaired) electrons. The van der Waals surface area contributed by atoms with E-state index in [1.807, 2.05) is 13.0 Å². The first-order valence-electron chi connectivity index (χ1n) is 6.13. The molecule has 2 heterocycles. The molecule has 2 aromatic heterocycles. The summed E-state index contributed by atoms with van der Waals surface area (Å²) in [4.78, 5) is 4.18. The smallest absolute Gasteiger partial charge is 0.152 e. The van der Waals surface area contributed by atoms with E-state index in [2.05, 4.69) is 15.4 Å². The van der Waals surface area contributed by atoms with Gasteiger partial charge in [-0.25, -0.2) is 18.3 Å². The average molecular weight is 274 g/mol. The monoisotopic (exact) mass is 274 g/mol. The molecule has 0 bridgehead atoms. The van der Waals surface area contributed by atoms with Gasteiger partial charge in [-0.15, -0.1) is 0 Å². The van der Waals surface area contributed by atoms with E-state index in [0.29, 0.717) is 5.82 Å². The summed E-state index contributed by atoms with van der Waals surface area (Å²) in [6.45, 7) is 1.89. The van der Waals surface area contributed by atoms with E-state index in [0.717, 1.165) is 11.2 Å². The topological polar surface area (TPSA) is 42.2 Å². The Bertz CT molecular complexity index is 747. The molecule has 20 heavy (non-hydrogen) atoms. The summed E-state index contributed by atoms with van der Waals surface area (Å²) in [6, 6.07) is 5.66. The van der Waals surface area contributed by atoms with Gasteiger partial charge in [0, 0.05) is 24.5 Å². The highest BCUT2D eigenvalue weighted by Gasteiger charge is 2.10. The minimum absolute atomic E-state index is 0.00691. The highest BCUT2D eigenvalue weighted by Crippen LogP contribution is 2.18. The summed E-state index contributed by atoms with van der Waals surface area (Å²) in [5, 5.41) is 7.20. The third-order valence-corrected chi connectivity index (χ3v) is 3.01. The molecule has 1 aromatic carbocycles. The SMILES string of the molecule is Cc1cc2c(NCc3c(F)cccc3F)nccn2n1. The summed E-state index contributed by atoms with van der Waals surface area (Å²) in [5.74, 6) is -0.612. The molecule has 0 saturated carbocycles. The lowest BCUT2D eigenvalue weighted by Crippen LogP contribution is -2.07. The van der Waals surface area contributed by atoms with Crippen LogP contribution >= 0.6 is 0 Å². The fraction of sp³-hybridized carbons (Fsp3) is 0.143. The number of hydrogen-bond acceptors (Lipinski definition) is 3. The minimum atomic E-state index is -0.575. The lowest BCUT2D eigenvalue weighted by Gasteiger charge is -2.08. The van der Waals surface area contributed by atoms with Gasteiger partial charge in [0.05, 0.1) is 5.69 Å². The Hall–Kier alpha value is -2.50. The van der Waals surface area contributed by atoms with Crippen molar-refractivity contribution >= 4 is 11.3 Å². The molecule has 6 heteroatoms. The van der Waals surface area contributed by atoms with Crippen molar-refractivity contribution in [3.63, 3.8) is 0 Å². The molecule has 0 aliphatic carbocycles. The first-order chi connectivity index (χ1) is 9.65. The fourth-order valence-corrected chi connectivity index (χ4v) is 2.05. The second-order valence-corrected chi connectivity index (χ2v) is 4.45. The quantitative estimate of drug-likeness (QED) is 0.798. The molecule has 0 unspecified atom stereocenters. The first kappa shape index (κ1) is 12.5. The Kier molecular flexibility index (Phi) is 3.06. The molecule has 0 amide bonds. The Balaban J connectivity index is 1.91. The van der Waals surface area contributed by atoms with Gasteiger partial charge in [0.1, 0.15) is 17.2 Å². The number of rotatable bonds is 3. The number of aromatic nitrogens is 3. The number of nitrogens with one attached hydrogen (secondary N) is 1. The predicted molar refractivity (Wildman–Crippen MR) is 71.4 cm³/mol. The normalized spacial score (nSPS) is 10.9. The van der Waals surface area contributed by atoms with Crippen LogP contribution in [0.5, 0.6) is 0 Å². The number of nitrogens with zero attached hydrogens (tertiary/aromatic N) is 3. The van der Waals surface area contributed by atoms with Crippen LogP contribution in [0.15, 0.2) is 36.7 Å². The van der Waals surface area contributed by atoms with Crippen molar-refractivity contribution in [3.05, 3.63) is 59.6 Å². The maximum absolute atomic E-state index is 13.6. The Labute approximate surface area is 114 Å². The molecule has 0 atom stereocenters. The second-order valence-electron chi connectivity index (χ2n) is 4.45. The van der Waals surface area contributed by atoms with Crippen LogP contribution in [0.4, 0.5) is 14.6 Å². The summed E-state index contributed by atoms with van der Waals surface area (Å²) in [7, 11) is 0. The summed E-state index contributed by atoms with van der Waals surface area (Å²) in [5.41, 5.74) is 1.60. The van der Waals surface area contributed by atoms with E-state index in [1.54, 1.807) is 16.9 Å². The van der Waals surface area contributed by atoms with Crippen LogP contribution in [0.25, 0.3) is 5.52 Å². The van der Waals surface area contributed by atoms with Crippen molar-refractivity contribution in [2.45, 2.75) is 13.5 Å². The number of halogens is 2. The highest BCUT2D eigenvalue weighted by molar-refractivity contribution is 5.67. The van der Waals surface area contributed by atoms with Gasteiger partial charge in [-0.1, -0.05) is 6.07 Å². The van der Waals surface area contributed by atoms with Gasteiger partial charge in [0.2, 0.25) is 0 Å². The molecule has 0 spiro atoms. The molecule has 0 saturated heterocycles. The van der Waals surface area contributed by atoms with E-state index < -0.39 is 11.6 Å². The van der Waals surface area contributed by atoms with Crippen LogP contribution in [0.3, 0.4) is 0 Å². The molecule has 1 N–H and O–H groups in total. The first-order valence-corrected chi connectivity index (χ1v) is 6.13. The van der Waals surface area contributed by atoms with Gasteiger partial charge < -0.3 is 5.32 Å². The molecule has 3 rings (SSSR count). The van der Waals surface area contributed by atoms with Crippen LogP contribution in [-0.4, -0.2) is 14.6 Å². The van der Waals surface area contributed by atoms with Crippen LogP contribution in [0, 0.1) is 18.6 Å². The third-order valence-electron chi connectivity index (χ3n) is 3.01. The van der Waals surface area contributed by atoms with Crippen LogP contribution in [0.2, 0.25) is 0 Å². The molecule has 3 aromatic rings. The Morgan fingerprint density at radius 1 is 1.25 bits per heavy atom. The van der Waals surface area contributed by atoms with Gasteiger partial charge >= 0.3 is 0 Å². The molecular formula is C14H12F2N4. The number of anilines is 1. The van der Waals surface area contributed by atoms with E-state index in [9.17, 15) is 8.78 Å². The van der Waals surface area contributed by atoms with Crippen LogP contribution in [0.1, 0.15) is 11.3 Å². The predicted octanol–water partition coefficient (Wildman–Crippen LogP) is 2.93. The average Bonchev–Trinajstić information content (AvgIpc) is 2.79. The van der Waals surface area contributed by atoms with Gasteiger partial charge in [-0.3, -0.25) is 0 Å². The second kappa shape index (κ2) is 4.88. The van der Waals surface area contributed by atoms with Crippen molar-refractivity contribution in [1.82, 2.24) is 14.6 Å². The van der Waals surface area contributed by atoms with E-state index in [4.69, 9.17) is 0 Å². The Morgan fingerprint density at radius 2 is 2.00 bits per heavy atom. The zero-order valence-electron chi connectivity index (χ0n) is 10.8. The van der Waals surface area contributed by atoms with Crippen LogP contribution < -0.4 is 5.32 Å². The van der Waals surface area contributed by atoms with E-state index in [-0.39, 0.29) is 12.1 Å². The maximum atomic E-state index is 13.6. The van der Waals surface area contributed by atoms with Crippen molar-refractivity contribution < 1.29 is 8.78 Å². The number of hydrogen-bond donors (Lipinski definition) is 1. The molecule has 4 nitrogen and oxygen atoms in total. The van der Waals surface area contributed by atoms with E-state index in [1.165, 1.54) is 18.2 Å². The van der Waals surface area contributed by atoms with Crippen molar-refractivity contribution in [2.24, 2.45) is 0 Å². The maximum Gasteiger partial charge on any atom is 0.152 e. The molecule has 0 aliphatic heterocycles. The summed E-state index contributed by atoms with van der Waals surface area (Å²) < 4.78 is 28.8. The van der Waals surface area contributed by atoms with Crippen molar-refractivity contribution in [1.29, 1.82) is 0 Å². The lowest BCUT2D eigenvalue weighted by molar-refractivity contribution is 0.560. The van der Waals surface area contributed by atoms with Gasteiger partial charge in [0.25, 0.3) is 0 Å². The Morgan fingerprint density at radius 3 is 2.75 bits per heavy atom. The number of aryl methyl sites for hydroxylation is 1. The fourth-order valence-electron chi connectivity index (χ4n) is 2.05. The highest BCUT2D eigenvalue weighted by atomic mass is 19.1. The zero-order valence-corrected chi connectivity index (χ0v) is 10.8. The summed E-state index contributed by atoms with van der Waals surface area (Å²) in [6.07, 6.45) is 3.30. The molecule has 0 aliphatic rings. The minimum Gasteiger partial charge on any atom is -0.364 e. The number of benzene rings is 1. The number of fused-ring (bicyclic) bond motifs is 1. The zero-order chi connectivity index (χ0) is 14.1. The lowest BCUT2D eigenvalue weighted by atomic mass is 10.2. The molecule has 102 valence electrons.